The average Bonchev–Trinajstić information content (AvgIpc) is 2.33. The molecule has 0 fully saturated rings. The topological polar surface area (TPSA) is 37.3 Å². The molecular formula is C13H8F2O2. The zero-order chi connectivity index (χ0) is 12.4. The minimum atomic E-state index is -1.05. The highest BCUT2D eigenvalue weighted by Crippen LogP contribution is 2.33. The second-order valence-electron chi connectivity index (χ2n) is 3.46. The first kappa shape index (κ1) is 11.3. The first-order chi connectivity index (χ1) is 8.15. The fraction of sp³-hybridized carbons (Fsp3) is 0. The molecule has 0 heterocycles. The summed E-state index contributed by atoms with van der Waals surface area (Å²) in [5, 5.41) is 9.74. The van der Waals surface area contributed by atoms with Crippen LogP contribution in [-0.2, 0) is 0 Å². The summed E-state index contributed by atoms with van der Waals surface area (Å²) in [6.07, 6.45) is 0.454. The smallest absolute Gasteiger partial charge is 0.166 e. The van der Waals surface area contributed by atoms with Crippen molar-refractivity contribution in [1.82, 2.24) is 0 Å². The van der Waals surface area contributed by atoms with Crippen molar-refractivity contribution in [3.63, 3.8) is 0 Å². The molecule has 4 heteroatoms. The van der Waals surface area contributed by atoms with Crippen LogP contribution in [0.3, 0.4) is 0 Å². The van der Waals surface area contributed by atoms with E-state index in [4.69, 9.17) is 0 Å². The zero-order valence-electron chi connectivity index (χ0n) is 8.65. The van der Waals surface area contributed by atoms with Gasteiger partial charge in [-0.2, -0.15) is 0 Å². The number of hydrogen-bond donors (Lipinski definition) is 1. The van der Waals surface area contributed by atoms with E-state index in [1.54, 1.807) is 0 Å². The summed E-state index contributed by atoms with van der Waals surface area (Å²) in [6.45, 7) is 0. The van der Waals surface area contributed by atoms with Gasteiger partial charge in [-0.3, -0.25) is 4.79 Å². The summed E-state index contributed by atoms with van der Waals surface area (Å²) < 4.78 is 26.6. The third kappa shape index (κ3) is 1.89. The lowest BCUT2D eigenvalue weighted by Gasteiger charge is -2.07. The van der Waals surface area contributed by atoms with E-state index in [0.717, 1.165) is 6.07 Å². The molecule has 0 aromatic heterocycles. The standard InChI is InChI=1S/C13H8F2O2/c14-11-6-2-4-9(12(11)15)10-5-1-3-8(7-16)13(10)17/h1-7,17H. The van der Waals surface area contributed by atoms with E-state index in [1.807, 2.05) is 0 Å². The van der Waals surface area contributed by atoms with Crippen LogP contribution in [0, 0.1) is 11.6 Å². The molecule has 0 atom stereocenters. The van der Waals surface area contributed by atoms with Crippen LogP contribution < -0.4 is 0 Å². The SMILES string of the molecule is O=Cc1cccc(-c2cccc(F)c2F)c1O. The number of phenols is 1. The molecule has 0 aliphatic carbocycles. The highest BCUT2D eigenvalue weighted by Gasteiger charge is 2.14. The number of carbonyl (C=O) groups excluding carboxylic acids is 1. The summed E-state index contributed by atoms with van der Waals surface area (Å²) in [5.41, 5.74) is 0.0453. The number of aldehydes is 1. The van der Waals surface area contributed by atoms with Crippen LogP contribution in [-0.4, -0.2) is 11.4 Å². The largest absolute Gasteiger partial charge is 0.507 e. The first-order valence-corrected chi connectivity index (χ1v) is 4.86. The number of carbonyl (C=O) groups is 1. The van der Waals surface area contributed by atoms with Crippen molar-refractivity contribution < 1.29 is 18.7 Å². The van der Waals surface area contributed by atoms with E-state index in [-0.39, 0.29) is 22.4 Å². The van der Waals surface area contributed by atoms with Gasteiger partial charge >= 0.3 is 0 Å². The molecule has 0 saturated heterocycles. The Bertz CT molecular complexity index is 580. The number of phenolic OH excluding ortho intramolecular Hbond substituents is 1. The monoisotopic (exact) mass is 234 g/mol. The minimum absolute atomic E-state index is 0.0335. The molecule has 0 radical (unpaired) electrons. The van der Waals surface area contributed by atoms with E-state index in [9.17, 15) is 18.7 Å². The lowest BCUT2D eigenvalue weighted by Crippen LogP contribution is -1.91. The Labute approximate surface area is 96.1 Å². The summed E-state index contributed by atoms with van der Waals surface area (Å²) in [4.78, 5) is 10.6. The van der Waals surface area contributed by atoms with E-state index >= 15 is 0 Å². The molecule has 2 nitrogen and oxygen atoms in total. The number of benzene rings is 2. The predicted octanol–water partition coefficient (Wildman–Crippen LogP) is 3.15. The van der Waals surface area contributed by atoms with Crippen LogP contribution in [0.4, 0.5) is 8.78 Å². The van der Waals surface area contributed by atoms with Crippen molar-refractivity contribution >= 4 is 6.29 Å². The van der Waals surface area contributed by atoms with Gasteiger partial charge in [-0.05, 0) is 12.1 Å². The van der Waals surface area contributed by atoms with E-state index in [2.05, 4.69) is 0 Å². The predicted molar refractivity (Wildman–Crippen MR) is 58.8 cm³/mol. The third-order valence-electron chi connectivity index (χ3n) is 2.44. The maximum absolute atomic E-state index is 13.5. The van der Waals surface area contributed by atoms with Gasteiger partial charge in [0.2, 0.25) is 0 Å². The highest BCUT2D eigenvalue weighted by molar-refractivity contribution is 5.85. The zero-order valence-corrected chi connectivity index (χ0v) is 8.65. The lowest BCUT2D eigenvalue weighted by molar-refractivity contribution is 0.112. The minimum Gasteiger partial charge on any atom is -0.507 e. The molecule has 0 unspecified atom stereocenters. The highest BCUT2D eigenvalue weighted by atomic mass is 19.2. The number of aromatic hydroxyl groups is 1. The van der Waals surface area contributed by atoms with Gasteiger partial charge in [0, 0.05) is 11.1 Å². The van der Waals surface area contributed by atoms with Crippen molar-refractivity contribution in [2.24, 2.45) is 0 Å². The molecule has 86 valence electrons. The fourth-order valence-corrected chi connectivity index (χ4v) is 1.59. The summed E-state index contributed by atoms with van der Waals surface area (Å²) in [7, 11) is 0. The lowest BCUT2D eigenvalue weighted by atomic mass is 10.0. The normalized spacial score (nSPS) is 10.2. The molecule has 2 rings (SSSR count). The molecule has 0 aliphatic rings. The van der Waals surface area contributed by atoms with Crippen LogP contribution in [0.15, 0.2) is 36.4 Å². The van der Waals surface area contributed by atoms with Gasteiger partial charge in [0.15, 0.2) is 17.9 Å². The number of rotatable bonds is 2. The Morgan fingerprint density at radius 2 is 1.65 bits per heavy atom. The molecule has 1 N–H and O–H groups in total. The average molecular weight is 234 g/mol. The molecule has 2 aromatic rings. The van der Waals surface area contributed by atoms with Gasteiger partial charge in [0.1, 0.15) is 5.75 Å². The van der Waals surface area contributed by atoms with E-state index in [1.165, 1.54) is 30.3 Å². The fourth-order valence-electron chi connectivity index (χ4n) is 1.59. The van der Waals surface area contributed by atoms with Crippen LogP contribution in [0.25, 0.3) is 11.1 Å². The summed E-state index contributed by atoms with van der Waals surface area (Å²) >= 11 is 0. The molecular weight excluding hydrogens is 226 g/mol. The van der Waals surface area contributed by atoms with Crippen molar-refractivity contribution in [3.05, 3.63) is 53.6 Å². The third-order valence-corrected chi connectivity index (χ3v) is 2.44. The second-order valence-corrected chi connectivity index (χ2v) is 3.46. The Morgan fingerprint density at radius 1 is 1.00 bits per heavy atom. The summed E-state index contributed by atoms with van der Waals surface area (Å²) in [6, 6.07) is 7.95. The van der Waals surface area contributed by atoms with Crippen LogP contribution in [0.2, 0.25) is 0 Å². The first-order valence-electron chi connectivity index (χ1n) is 4.86. The van der Waals surface area contributed by atoms with Crippen LogP contribution >= 0.6 is 0 Å². The molecule has 17 heavy (non-hydrogen) atoms. The van der Waals surface area contributed by atoms with Gasteiger partial charge < -0.3 is 5.11 Å². The van der Waals surface area contributed by atoms with Gasteiger partial charge in [-0.25, -0.2) is 8.78 Å². The van der Waals surface area contributed by atoms with E-state index in [0.29, 0.717) is 6.29 Å². The van der Waals surface area contributed by atoms with Crippen molar-refractivity contribution in [1.29, 1.82) is 0 Å². The molecule has 0 spiro atoms. The van der Waals surface area contributed by atoms with Crippen LogP contribution in [0.5, 0.6) is 5.75 Å². The van der Waals surface area contributed by atoms with Crippen molar-refractivity contribution in [2.45, 2.75) is 0 Å². The van der Waals surface area contributed by atoms with Gasteiger partial charge in [0.25, 0.3) is 0 Å². The molecule has 0 saturated carbocycles. The van der Waals surface area contributed by atoms with Gasteiger partial charge in [0.05, 0.1) is 5.56 Å². The Morgan fingerprint density at radius 3 is 2.35 bits per heavy atom. The maximum Gasteiger partial charge on any atom is 0.166 e. The van der Waals surface area contributed by atoms with Gasteiger partial charge in [-0.1, -0.05) is 24.3 Å². The Hall–Kier alpha value is -2.23. The molecule has 0 bridgehead atoms. The van der Waals surface area contributed by atoms with Crippen LogP contribution in [0.1, 0.15) is 10.4 Å². The Balaban J connectivity index is 2.69. The maximum atomic E-state index is 13.5. The quantitative estimate of drug-likeness (QED) is 0.810. The molecule has 0 aliphatic heterocycles. The number of para-hydroxylation sites is 1. The number of hydrogen-bond acceptors (Lipinski definition) is 2. The Kier molecular flexibility index (Phi) is 2.87. The van der Waals surface area contributed by atoms with E-state index < -0.39 is 11.6 Å². The van der Waals surface area contributed by atoms with Gasteiger partial charge in [-0.15, -0.1) is 0 Å². The second kappa shape index (κ2) is 4.33. The van der Waals surface area contributed by atoms with Crippen molar-refractivity contribution in [3.8, 4) is 16.9 Å². The molecule has 0 amide bonds. The summed E-state index contributed by atoms with van der Waals surface area (Å²) in [5.74, 6) is -2.41. The van der Waals surface area contributed by atoms with Crippen molar-refractivity contribution in [2.75, 3.05) is 0 Å². The number of halogens is 2. The molecule has 2 aromatic carbocycles.